The van der Waals surface area contributed by atoms with Crippen molar-refractivity contribution < 1.29 is 13.2 Å². The summed E-state index contributed by atoms with van der Waals surface area (Å²) < 4.78 is 25.1. The van der Waals surface area contributed by atoms with Gasteiger partial charge in [-0.05, 0) is 74.1 Å². The zero-order valence-electron chi connectivity index (χ0n) is 16.0. The number of hydrogen-bond donors (Lipinski definition) is 1. The largest absolute Gasteiger partial charge is 0.346 e. The van der Waals surface area contributed by atoms with Crippen LogP contribution in [0.5, 0.6) is 0 Å². The van der Waals surface area contributed by atoms with Crippen molar-refractivity contribution in [3.63, 3.8) is 0 Å². The van der Waals surface area contributed by atoms with Crippen molar-refractivity contribution in [3.8, 4) is 0 Å². The number of aryl methyl sites for hydroxylation is 2. The maximum atomic E-state index is 12.6. The summed E-state index contributed by atoms with van der Waals surface area (Å²) in [6.45, 7) is 3.58. The van der Waals surface area contributed by atoms with Gasteiger partial charge in [0.2, 0.25) is 10.0 Å². The van der Waals surface area contributed by atoms with Gasteiger partial charge in [-0.3, -0.25) is 9.10 Å². The van der Waals surface area contributed by atoms with E-state index in [9.17, 15) is 13.2 Å². The molecule has 0 saturated carbocycles. The SMILES string of the molecule is CCS(=O)(=O)N(C)c1ccc(C(=O)NC(C)c2ccc3c(c2)CCC3)cc1. The van der Waals surface area contributed by atoms with Crippen molar-refractivity contribution in [1.82, 2.24) is 5.32 Å². The maximum absolute atomic E-state index is 12.6. The van der Waals surface area contributed by atoms with E-state index in [4.69, 9.17) is 0 Å². The quantitative estimate of drug-likeness (QED) is 0.827. The first-order valence-corrected chi connectivity index (χ1v) is 10.9. The topological polar surface area (TPSA) is 66.5 Å². The van der Waals surface area contributed by atoms with E-state index in [-0.39, 0.29) is 17.7 Å². The van der Waals surface area contributed by atoms with E-state index in [0.29, 0.717) is 11.3 Å². The molecule has 6 heteroatoms. The van der Waals surface area contributed by atoms with Crippen LogP contribution in [0.2, 0.25) is 0 Å². The van der Waals surface area contributed by atoms with Crippen molar-refractivity contribution in [2.75, 3.05) is 17.1 Å². The van der Waals surface area contributed by atoms with Crippen LogP contribution in [0.15, 0.2) is 42.5 Å². The van der Waals surface area contributed by atoms with Gasteiger partial charge in [-0.1, -0.05) is 18.2 Å². The van der Waals surface area contributed by atoms with Gasteiger partial charge in [-0.2, -0.15) is 0 Å². The van der Waals surface area contributed by atoms with Gasteiger partial charge in [0.25, 0.3) is 5.91 Å². The molecule has 0 radical (unpaired) electrons. The molecule has 2 aromatic carbocycles. The molecule has 0 saturated heterocycles. The van der Waals surface area contributed by atoms with Gasteiger partial charge in [0.15, 0.2) is 0 Å². The number of benzene rings is 2. The first-order valence-electron chi connectivity index (χ1n) is 9.31. The Morgan fingerprint density at radius 1 is 1.11 bits per heavy atom. The molecule has 1 aliphatic rings. The minimum Gasteiger partial charge on any atom is -0.346 e. The monoisotopic (exact) mass is 386 g/mol. The Morgan fingerprint density at radius 2 is 1.78 bits per heavy atom. The fourth-order valence-electron chi connectivity index (χ4n) is 3.40. The molecule has 2 aromatic rings. The van der Waals surface area contributed by atoms with Crippen LogP contribution in [-0.2, 0) is 22.9 Å². The second kappa shape index (κ2) is 7.72. The molecule has 1 N–H and O–H groups in total. The molecule has 0 heterocycles. The van der Waals surface area contributed by atoms with Crippen molar-refractivity contribution in [1.29, 1.82) is 0 Å². The van der Waals surface area contributed by atoms with E-state index in [1.54, 1.807) is 31.2 Å². The van der Waals surface area contributed by atoms with Gasteiger partial charge >= 0.3 is 0 Å². The minimum atomic E-state index is -3.31. The van der Waals surface area contributed by atoms with Gasteiger partial charge in [-0.15, -0.1) is 0 Å². The minimum absolute atomic E-state index is 0.0318. The lowest BCUT2D eigenvalue weighted by molar-refractivity contribution is 0.0940. The molecule has 3 rings (SSSR count). The highest BCUT2D eigenvalue weighted by Gasteiger charge is 2.18. The van der Waals surface area contributed by atoms with E-state index in [1.807, 2.05) is 6.92 Å². The normalized spacial score (nSPS) is 14.5. The molecular formula is C21H26N2O3S. The number of anilines is 1. The zero-order valence-corrected chi connectivity index (χ0v) is 16.8. The Hall–Kier alpha value is -2.34. The third kappa shape index (κ3) is 4.16. The van der Waals surface area contributed by atoms with E-state index in [0.717, 1.165) is 18.4 Å². The molecule has 5 nitrogen and oxygen atoms in total. The molecule has 0 spiro atoms. The summed E-state index contributed by atoms with van der Waals surface area (Å²) >= 11 is 0. The maximum Gasteiger partial charge on any atom is 0.251 e. The van der Waals surface area contributed by atoms with Crippen molar-refractivity contribution in [3.05, 3.63) is 64.7 Å². The number of hydrogen-bond acceptors (Lipinski definition) is 3. The number of fused-ring (bicyclic) bond motifs is 1. The second-order valence-electron chi connectivity index (χ2n) is 6.99. The predicted octanol–water partition coefficient (Wildman–Crippen LogP) is 3.45. The summed E-state index contributed by atoms with van der Waals surface area (Å²) in [4.78, 5) is 12.6. The molecule has 1 atom stereocenters. The number of amides is 1. The fraction of sp³-hybridized carbons (Fsp3) is 0.381. The lowest BCUT2D eigenvalue weighted by Gasteiger charge is -2.19. The van der Waals surface area contributed by atoms with Crippen LogP contribution in [0.4, 0.5) is 5.69 Å². The van der Waals surface area contributed by atoms with E-state index in [2.05, 4.69) is 23.5 Å². The van der Waals surface area contributed by atoms with E-state index >= 15 is 0 Å². The molecule has 0 aliphatic heterocycles. The van der Waals surface area contributed by atoms with Crippen LogP contribution in [0.1, 0.15) is 53.4 Å². The number of carbonyl (C=O) groups excluding carboxylic acids is 1. The van der Waals surface area contributed by atoms with Crippen LogP contribution in [0, 0.1) is 0 Å². The summed E-state index contributed by atoms with van der Waals surface area (Å²) in [6.07, 6.45) is 3.46. The smallest absolute Gasteiger partial charge is 0.251 e. The first kappa shape index (κ1) is 19.4. The molecule has 1 unspecified atom stereocenters. The third-order valence-electron chi connectivity index (χ3n) is 5.25. The Kier molecular flexibility index (Phi) is 5.56. The second-order valence-corrected chi connectivity index (χ2v) is 9.28. The number of nitrogens with one attached hydrogen (secondary N) is 1. The van der Waals surface area contributed by atoms with E-state index < -0.39 is 10.0 Å². The van der Waals surface area contributed by atoms with Crippen LogP contribution in [0.3, 0.4) is 0 Å². The van der Waals surface area contributed by atoms with Crippen LogP contribution in [-0.4, -0.2) is 27.1 Å². The predicted molar refractivity (Wildman–Crippen MR) is 109 cm³/mol. The molecule has 0 aromatic heterocycles. The molecule has 1 aliphatic carbocycles. The average molecular weight is 387 g/mol. The Balaban J connectivity index is 1.69. The molecule has 0 fully saturated rings. The average Bonchev–Trinajstić information content (AvgIpc) is 3.15. The Bertz CT molecular complexity index is 936. The van der Waals surface area contributed by atoms with Crippen LogP contribution in [0.25, 0.3) is 0 Å². The molecule has 27 heavy (non-hydrogen) atoms. The van der Waals surface area contributed by atoms with Gasteiger partial charge in [-0.25, -0.2) is 8.42 Å². The highest BCUT2D eigenvalue weighted by Crippen LogP contribution is 2.25. The van der Waals surface area contributed by atoms with Gasteiger partial charge < -0.3 is 5.32 Å². The van der Waals surface area contributed by atoms with Crippen molar-refractivity contribution in [2.45, 2.75) is 39.2 Å². The lowest BCUT2D eigenvalue weighted by Crippen LogP contribution is -2.28. The Labute approximate surface area is 161 Å². The lowest BCUT2D eigenvalue weighted by atomic mass is 10.0. The number of sulfonamides is 1. The summed E-state index contributed by atoms with van der Waals surface area (Å²) in [5, 5.41) is 3.02. The molecule has 1 amide bonds. The summed E-state index contributed by atoms with van der Waals surface area (Å²) in [7, 11) is -1.79. The number of nitrogens with zero attached hydrogens (tertiary/aromatic N) is 1. The highest BCUT2D eigenvalue weighted by atomic mass is 32.2. The summed E-state index contributed by atoms with van der Waals surface area (Å²) in [6, 6.07) is 13.0. The summed E-state index contributed by atoms with van der Waals surface area (Å²) in [5.41, 5.74) is 4.96. The highest BCUT2D eigenvalue weighted by molar-refractivity contribution is 7.92. The zero-order chi connectivity index (χ0) is 19.6. The fourth-order valence-corrected chi connectivity index (χ4v) is 4.23. The number of carbonyl (C=O) groups is 1. The van der Waals surface area contributed by atoms with Crippen molar-refractivity contribution in [2.24, 2.45) is 0 Å². The van der Waals surface area contributed by atoms with Gasteiger partial charge in [0.05, 0.1) is 17.5 Å². The summed E-state index contributed by atoms with van der Waals surface area (Å²) in [5.74, 6) is -0.139. The number of rotatable bonds is 6. The third-order valence-corrected chi connectivity index (χ3v) is 7.02. The van der Waals surface area contributed by atoms with Gasteiger partial charge in [0, 0.05) is 12.6 Å². The molecule has 144 valence electrons. The molecule has 0 bridgehead atoms. The standard InChI is InChI=1S/C21H26N2O3S/c1-4-27(25,26)23(3)20-12-10-17(11-13-20)21(24)22-15(2)18-9-8-16-6-5-7-19(16)14-18/h8-15H,4-7H2,1-3H3,(H,22,24). The first-order chi connectivity index (χ1) is 12.8. The van der Waals surface area contributed by atoms with Crippen LogP contribution >= 0.6 is 0 Å². The van der Waals surface area contributed by atoms with Gasteiger partial charge in [0.1, 0.15) is 0 Å². The Morgan fingerprint density at radius 3 is 2.44 bits per heavy atom. The molecular weight excluding hydrogens is 360 g/mol. The van der Waals surface area contributed by atoms with E-state index in [1.165, 1.54) is 28.9 Å². The van der Waals surface area contributed by atoms with Crippen molar-refractivity contribution >= 4 is 21.6 Å². The van der Waals surface area contributed by atoms with Crippen LogP contribution < -0.4 is 9.62 Å².